The minimum Gasteiger partial charge on any atom is -0.375 e. The average Bonchev–Trinajstić information content (AvgIpc) is 2.87. The summed E-state index contributed by atoms with van der Waals surface area (Å²) in [4.78, 5) is 37.7. The zero-order chi connectivity index (χ0) is 20.5. The second-order valence-corrected chi connectivity index (χ2v) is 7.42. The van der Waals surface area contributed by atoms with Crippen molar-refractivity contribution in [2.75, 3.05) is 11.4 Å². The number of hydrogen-bond acceptors (Lipinski definition) is 5. The van der Waals surface area contributed by atoms with Gasteiger partial charge in [0.25, 0.3) is 11.6 Å². The van der Waals surface area contributed by atoms with Crippen LogP contribution in [0.3, 0.4) is 0 Å². The van der Waals surface area contributed by atoms with E-state index in [9.17, 15) is 24.8 Å². The highest BCUT2D eigenvalue weighted by Crippen LogP contribution is 2.43. The van der Waals surface area contributed by atoms with E-state index in [2.05, 4.69) is 0 Å². The Kier molecular flexibility index (Phi) is 5.29. The first kappa shape index (κ1) is 19.7. The topological polar surface area (TPSA) is 101 Å². The van der Waals surface area contributed by atoms with Gasteiger partial charge in [-0.3, -0.25) is 19.7 Å². The predicted octanol–water partition coefficient (Wildman–Crippen LogP) is 3.45. The van der Waals surface area contributed by atoms with Crippen LogP contribution in [0, 0.1) is 16.0 Å². The van der Waals surface area contributed by atoms with Crippen LogP contribution in [0.5, 0.6) is 0 Å². The van der Waals surface area contributed by atoms with E-state index in [1.165, 1.54) is 23.1 Å². The van der Waals surface area contributed by atoms with Gasteiger partial charge in [-0.1, -0.05) is 44.2 Å². The zero-order valence-electron chi connectivity index (χ0n) is 15.8. The van der Waals surface area contributed by atoms with Gasteiger partial charge < -0.3 is 10.0 Å². The average molecular weight is 382 g/mol. The number of benzene rings is 2. The maximum Gasteiger partial charge on any atom is 0.270 e. The van der Waals surface area contributed by atoms with Crippen molar-refractivity contribution in [1.29, 1.82) is 0 Å². The summed E-state index contributed by atoms with van der Waals surface area (Å²) < 4.78 is 0. The number of rotatable bonds is 7. The largest absolute Gasteiger partial charge is 0.375 e. The molecular formula is C21H22N2O5. The van der Waals surface area contributed by atoms with Gasteiger partial charge in [-0.25, -0.2) is 0 Å². The number of nitro benzene ring substituents is 1. The molecule has 0 unspecified atom stereocenters. The Morgan fingerprint density at radius 3 is 2.61 bits per heavy atom. The maximum atomic E-state index is 13.1. The molecule has 0 saturated heterocycles. The molecule has 1 atom stereocenters. The van der Waals surface area contributed by atoms with E-state index in [1.807, 2.05) is 13.8 Å². The number of fused-ring (bicyclic) bond motifs is 1. The van der Waals surface area contributed by atoms with Crippen LogP contribution in [-0.4, -0.2) is 28.3 Å². The molecule has 7 heteroatoms. The fraction of sp³-hybridized carbons (Fsp3) is 0.333. The van der Waals surface area contributed by atoms with Crippen LogP contribution in [0.2, 0.25) is 0 Å². The van der Waals surface area contributed by atoms with Crippen molar-refractivity contribution in [3.8, 4) is 0 Å². The van der Waals surface area contributed by atoms with E-state index in [0.717, 1.165) is 12.5 Å². The number of carbonyl (C=O) groups is 2. The highest BCUT2D eigenvalue weighted by Gasteiger charge is 2.50. The van der Waals surface area contributed by atoms with Crippen LogP contribution in [0.15, 0.2) is 48.5 Å². The molecule has 0 saturated carbocycles. The normalized spacial score (nSPS) is 18.4. The lowest BCUT2D eigenvalue weighted by Crippen LogP contribution is -2.42. The monoisotopic (exact) mass is 382 g/mol. The highest BCUT2D eigenvalue weighted by molar-refractivity contribution is 6.10. The highest BCUT2D eigenvalue weighted by atomic mass is 16.6. The van der Waals surface area contributed by atoms with E-state index in [1.54, 1.807) is 24.3 Å². The summed E-state index contributed by atoms with van der Waals surface area (Å²) in [6, 6.07) is 12.2. The van der Waals surface area contributed by atoms with Crippen molar-refractivity contribution < 1.29 is 19.6 Å². The maximum absolute atomic E-state index is 13.1. The SMILES string of the molecule is CC(C)CCN1C(=O)[C@@](O)(CC(=O)c2cccc([N+](=O)[O-])c2)c2ccccc21. The summed E-state index contributed by atoms with van der Waals surface area (Å²) in [5.41, 5.74) is -1.11. The van der Waals surface area contributed by atoms with Gasteiger partial charge in [-0.15, -0.1) is 0 Å². The molecule has 0 bridgehead atoms. The molecule has 1 aliphatic heterocycles. The summed E-state index contributed by atoms with van der Waals surface area (Å²) >= 11 is 0. The van der Waals surface area contributed by atoms with Crippen molar-refractivity contribution in [2.45, 2.75) is 32.3 Å². The number of hydrogen-bond donors (Lipinski definition) is 1. The van der Waals surface area contributed by atoms with Crippen LogP contribution in [0.1, 0.15) is 42.6 Å². The van der Waals surface area contributed by atoms with Gasteiger partial charge in [0.15, 0.2) is 11.4 Å². The minimum atomic E-state index is -1.98. The first-order valence-corrected chi connectivity index (χ1v) is 9.15. The molecule has 2 aromatic rings. The van der Waals surface area contributed by atoms with E-state index in [4.69, 9.17) is 0 Å². The number of para-hydroxylation sites is 1. The number of anilines is 1. The predicted molar refractivity (Wildman–Crippen MR) is 104 cm³/mol. The first-order chi connectivity index (χ1) is 13.2. The molecule has 3 rings (SSSR count). The van der Waals surface area contributed by atoms with Crippen molar-refractivity contribution >= 4 is 23.1 Å². The lowest BCUT2D eigenvalue weighted by atomic mass is 9.88. The minimum absolute atomic E-state index is 0.0912. The molecule has 28 heavy (non-hydrogen) atoms. The van der Waals surface area contributed by atoms with Crippen LogP contribution in [0.25, 0.3) is 0 Å². The molecule has 0 fully saturated rings. The van der Waals surface area contributed by atoms with E-state index in [-0.39, 0.29) is 11.3 Å². The van der Waals surface area contributed by atoms with E-state index in [0.29, 0.717) is 23.7 Å². The molecular weight excluding hydrogens is 360 g/mol. The quantitative estimate of drug-likeness (QED) is 0.449. The van der Waals surface area contributed by atoms with Gasteiger partial charge in [-0.05, 0) is 18.4 Å². The van der Waals surface area contributed by atoms with Crippen LogP contribution in [-0.2, 0) is 10.4 Å². The number of aliphatic hydroxyl groups is 1. The third-order valence-corrected chi connectivity index (χ3v) is 4.96. The van der Waals surface area contributed by atoms with Gasteiger partial charge in [0.2, 0.25) is 0 Å². The molecule has 1 amide bonds. The zero-order valence-corrected chi connectivity index (χ0v) is 15.8. The third kappa shape index (κ3) is 3.53. The number of amides is 1. The van der Waals surface area contributed by atoms with Crippen molar-refractivity contribution in [1.82, 2.24) is 0 Å². The number of nitro groups is 1. The third-order valence-electron chi connectivity index (χ3n) is 4.96. The standard InChI is InChI=1S/C21H22N2O5/c1-14(2)10-11-22-18-9-4-3-8-17(18)21(26,20(22)25)13-19(24)15-6-5-7-16(12-15)23(27)28/h3-9,12,14,26H,10-11,13H2,1-2H3/t21-/m1/s1. The fourth-order valence-corrected chi connectivity index (χ4v) is 3.41. The Hall–Kier alpha value is -3.06. The van der Waals surface area contributed by atoms with Crippen LogP contribution < -0.4 is 4.90 Å². The van der Waals surface area contributed by atoms with E-state index >= 15 is 0 Å². The molecule has 0 spiro atoms. The van der Waals surface area contributed by atoms with Crippen molar-refractivity contribution in [3.05, 3.63) is 69.8 Å². The molecule has 7 nitrogen and oxygen atoms in total. The molecule has 2 aromatic carbocycles. The Morgan fingerprint density at radius 1 is 1.21 bits per heavy atom. The van der Waals surface area contributed by atoms with Crippen molar-refractivity contribution in [2.24, 2.45) is 5.92 Å². The Balaban J connectivity index is 1.92. The summed E-state index contributed by atoms with van der Waals surface area (Å²) in [7, 11) is 0. The molecule has 1 aliphatic rings. The number of nitrogens with zero attached hydrogens (tertiary/aromatic N) is 2. The summed E-state index contributed by atoms with van der Waals surface area (Å²) in [5, 5.41) is 22.2. The Bertz CT molecular complexity index is 940. The van der Waals surface area contributed by atoms with Gasteiger partial charge in [0.1, 0.15) is 0 Å². The van der Waals surface area contributed by atoms with Crippen LogP contribution >= 0.6 is 0 Å². The number of non-ortho nitro benzene ring substituents is 1. The number of Topliss-reactive ketones (excluding diaryl/α,β-unsaturated/α-hetero) is 1. The molecule has 1 heterocycles. The van der Waals surface area contributed by atoms with Crippen molar-refractivity contribution in [3.63, 3.8) is 0 Å². The number of ketones is 1. The van der Waals surface area contributed by atoms with Gasteiger partial charge in [-0.2, -0.15) is 0 Å². The summed E-state index contributed by atoms with van der Waals surface area (Å²) in [6.07, 6.45) is 0.289. The van der Waals surface area contributed by atoms with Gasteiger partial charge >= 0.3 is 0 Å². The number of carbonyl (C=O) groups excluding carboxylic acids is 2. The molecule has 0 aliphatic carbocycles. The first-order valence-electron chi connectivity index (χ1n) is 9.15. The van der Waals surface area contributed by atoms with Gasteiger partial charge in [0.05, 0.1) is 17.0 Å². The molecule has 0 radical (unpaired) electrons. The summed E-state index contributed by atoms with van der Waals surface area (Å²) in [6.45, 7) is 4.54. The Morgan fingerprint density at radius 2 is 1.93 bits per heavy atom. The Labute approximate surface area is 162 Å². The second kappa shape index (κ2) is 7.52. The molecule has 0 aromatic heterocycles. The second-order valence-electron chi connectivity index (χ2n) is 7.42. The molecule has 146 valence electrons. The van der Waals surface area contributed by atoms with Crippen LogP contribution in [0.4, 0.5) is 11.4 Å². The lowest BCUT2D eigenvalue weighted by Gasteiger charge is -2.23. The lowest BCUT2D eigenvalue weighted by molar-refractivity contribution is -0.384. The van der Waals surface area contributed by atoms with Gasteiger partial charge in [0, 0.05) is 29.8 Å². The van der Waals surface area contributed by atoms with E-state index < -0.39 is 28.6 Å². The fourth-order valence-electron chi connectivity index (χ4n) is 3.41. The smallest absolute Gasteiger partial charge is 0.270 e. The summed E-state index contributed by atoms with van der Waals surface area (Å²) in [5.74, 6) is -0.687. The molecule has 1 N–H and O–H groups in total.